The molecule has 7 nitrogen and oxygen atoms in total. The van der Waals surface area contributed by atoms with Crippen LogP contribution in [0.4, 0.5) is 5.69 Å². The van der Waals surface area contributed by atoms with Crippen molar-refractivity contribution in [2.24, 2.45) is 0 Å². The molecule has 4 rings (SSSR count). The smallest absolute Gasteiger partial charge is 0.268 e. The van der Waals surface area contributed by atoms with Gasteiger partial charge in [0.15, 0.2) is 11.5 Å². The van der Waals surface area contributed by atoms with Crippen LogP contribution < -0.4 is 19.7 Å². The Morgan fingerprint density at radius 2 is 1.89 bits per heavy atom. The van der Waals surface area contributed by atoms with Crippen molar-refractivity contribution in [1.29, 1.82) is 0 Å². The van der Waals surface area contributed by atoms with E-state index in [2.05, 4.69) is 28.6 Å². The van der Waals surface area contributed by atoms with Gasteiger partial charge in [0.1, 0.15) is 5.69 Å². The largest absolute Gasteiger partial charge is 0.454 e. The molecule has 0 unspecified atom stereocenters. The van der Waals surface area contributed by atoms with Gasteiger partial charge in [-0.1, -0.05) is 6.07 Å². The summed E-state index contributed by atoms with van der Waals surface area (Å²) >= 11 is 0. The molecule has 0 saturated carbocycles. The van der Waals surface area contributed by atoms with Crippen molar-refractivity contribution in [2.45, 2.75) is 33.9 Å². The number of morpholine rings is 1. The second-order valence-corrected chi connectivity index (χ2v) is 7.12. The highest BCUT2D eigenvalue weighted by Crippen LogP contribution is 2.33. The summed E-state index contributed by atoms with van der Waals surface area (Å²) in [5, 5.41) is 3.07. The SMILES string of the molecule is CCn1c(C)c(N2CCOCC2)c(C)c1C(=O)NCc1ccc2c(c1)OCO2. The molecular formula is C21H27N3O4. The number of nitrogens with one attached hydrogen (secondary N) is 1. The van der Waals surface area contributed by atoms with Crippen molar-refractivity contribution >= 4 is 11.6 Å². The molecule has 2 aliphatic heterocycles. The molecule has 1 aromatic carbocycles. The monoisotopic (exact) mass is 385 g/mol. The fourth-order valence-electron chi connectivity index (χ4n) is 4.14. The van der Waals surface area contributed by atoms with Crippen LogP contribution in [-0.2, 0) is 17.8 Å². The highest BCUT2D eigenvalue weighted by molar-refractivity contribution is 5.96. The van der Waals surface area contributed by atoms with E-state index in [0.29, 0.717) is 6.54 Å². The van der Waals surface area contributed by atoms with Crippen molar-refractivity contribution in [3.63, 3.8) is 0 Å². The van der Waals surface area contributed by atoms with Gasteiger partial charge in [0.05, 0.1) is 18.9 Å². The number of anilines is 1. The van der Waals surface area contributed by atoms with Gasteiger partial charge in [0, 0.05) is 37.4 Å². The molecule has 2 aromatic rings. The van der Waals surface area contributed by atoms with Crippen molar-refractivity contribution < 1.29 is 19.0 Å². The predicted octanol–water partition coefficient (Wildman–Crippen LogP) is 2.62. The first-order chi connectivity index (χ1) is 13.6. The maximum Gasteiger partial charge on any atom is 0.268 e. The van der Waals surface area contributed by atoms with Crippen molar-refractivity contribution in [2.75, 3.05) is 38.0 Å². The van der Waals surface area contributed by atoms with E-state index in [9.17, 15) is 4.79 Å². The third-order valence-corrected chi connectivity index (χ3v) is 5.48. The normalized spacial score (nSPS) is 15.8. The Morgan fingerprint density at radius 1 is 1.14 bits per heavy atom. The quantitative estimate of drug-likeness (QED) is 0.857. The first kappa shape index (κ1) is 18.7. The molecule has 7 heteroatoms. The second-order valence-electron chi connectivity index (χ2n) is 7.12. The first-order valence-electron chi connectivity index (χ1n) is 9.79. The third kappa shape index (κ3) is 3.30. The minimum atomic E-state index is -0.0559. The van der Waals surface area contributed by atoms with Gasteiger partial charge in [-0.15, -0.1) is 0 Å². The topological polar surface area (TPSA) is 65.0 Å². The molecule has 1 N–H and O–H groups in total. The average Bonchev–Trinajstić information content (AvgIpc) is 3.28. The molecule has 1 aromatic heterocycles. The number of carbonyl (C=O) groups is 1. The lowest BCUT2D eigenvalue weighted by Gasteiger charge is -2.29. The van der Waals surface area contributed by atoms with Crippen LogP contribution >= 0.6 is 0 Å². The molecule has 28 heavy (non-hydrogen) atoms. The van der Waals surface area contributed by atoms with E-state index < -0.39 is 0 Å². The van der Waals surface area contributed by atoms with E-state index >= 15 is 0 Å². The number of nitrogens with zero attached hydrogens (tertiary/aromatic N) is 2. The maximum absolute atomic E-state index is 13.1. The van der Waals surface area contributed by atoms with Crippen molar-refractivity contribution in [3.05, 3.63) is 40.7 Å². The third-order valence-electron chi connectivity index (χ3n) is 5.48. The Hall–Kier alpha value is -2.67. The molecular weight excluding hydrogens is 358 g/mol. The molecule has 0 spiro atoms. The summed E-state index contributed by atoms with van der Waals surface area (Å²) in [4.78, 5) is 15.4. The summed E-state index contributed by atoms with van der Waals surface area (Å²) < 4.78 is 18.3. The van der Waals surface area contributed by atoms with Crippen LogP contribution in [0.5, 0.6) is 11.5 Å². The maximum atomic E-state index is 13.1. The molecule has 150 valence electrons. The van der Waals surface area contributed by atoms with Crippen LogP contribution in [-0.4, -0.2) is 43.6 Å². The highest BCUT2D eigenvalue weighted by atomic mass is 16.7. The number of rotatable bonds is 5. The van der Waals surface area contributed by atoms with Crippen LogP contribution in [0.15, 0.2) is 18.2 Å². The predicted molar refractivity (Wildman–Crippen MR) is 106 cm³/mol. The second kappa shape index (κ2) is 7.75. The molecule has 0 bridgehead atoms. The van der Waals surface area contributed by atoms with Crippen LogP contribution in [0, 0.1) is 13.8 Å². The van der Waals surface area contributed by atoms with E-state index in [-0.39, 0.29) is 12.7 Å². The van der Waals surface area contributed by atoms with E-state index in [1.165, 1.54) is 5.69 Å². The number of carbonyl (C=O) groups excluding carboxylic acids is 1. The Kier molecular flexibility index (Phi) is 5.17. The van der Waals surface area contributed by atoms with Crippen molar-refractivity contribution in [1.82, 2.24) is 9.88 Å². The number of aromatic nitrogens is 1. The fraction of sp³-hybridized carbons (Fsp3) is 0.476. The van der Waals surface area contributed by atoms with Gasteiger partial charge in [-0.05, 0) is 38.5 Å². The summed E-state index contributed by atoms with van der Waals surface area (Å²) in [5.41, 5.74) is 5.05. The minimum absolute atomic E-state index is 0.0559. The molecule has 3 heterocycles. The molecule has 0 atom stereocenters. The summed E-state index contributed by atoms with van der Waals surface area (Å²) in [6.07, 6.45) is 0. The van der Waals surface area contributed by atoms with E-state index in [0.717, 1.165) is 66.9 Å². The van der Waals surface area contributed by atoms with Gasteiger partial charge in [0.25, 0.3) is 5.91 Å². The van der Waals surface area contributed by atoms with Gasteiger partial charge in [-0.25, -0.2) is 0 Å². The number of ether oxygens (including phenoxy) is 3. The zero-order chi connectivity index (χ0) is 19.7. The number of hydrogen-bond donors (Lipinski definition) is 1. The van der Waals surface area contributed by atoms with Crippen LogP contribution in [0.3, 0.4) is 0 Å². The molecule has 0 aliphatic carbocycles. The average molecular weight is 385 g/mol. The molecule has 1 fully saturated rings. The summed E-state index contributed by atoms with van der Waals surface area (Å²) in [6.45, 7) is 10.8. The molecule has 1 saturated heterocycles. The summed E-state index contributed by atoms with van der Waals surface area (Å²) in [7, 11) is 0. The fourth-order valence-corrected chi connectivity index (χ4v) is 4.14. The van der Waals surface area contributed by atoms with Gasteiger partial charge < -0.3 is 29.0 Å². The lowest BCUT2D eigenvalue weighted by molar-refractivity contribution is 0.0940. The van der Waals surface area contributed by atoms with Crippen LogP contribution in [0.2, 0.25) is 0 Å². The van der Waals surface area contributed by atoms with Gasteiger partial charge in [0.2, 0.25) is 6.79 Å². The molecule has 0 radical (unpaired) electrons. The zero-order valence-corrected chi connectivity index (χ0v) is 16.7. The lowest BCUT2D eigenvalue weighted by Crippen LogP contribution is -2.36. The van der Waals surface area contributed by atoms with Gasteiger partial charge >= 0.3 is 0 Å². The van der Waals surface area contributed by atoms with Gasteiger partial charge in [-0.3, -0.25) is 4.79 Å². The number of amides is 1. The Morgan fingerprint density at radius 3 is 2.64 bits per heavy atom. The van der Waals surface area contributed by atoms with Gasteiger partial charge in [-0.2, -0.15) is 0 Å². The summed E-state index contributed by atoms with van der Waals surface area (Å²) in [6, 6.07) is 5.74. The van der Waals surface area contributed by atoms with E-state index in [1.807, 2.05) is 25.1 Å². The van der Waals surface area contributed by atoms with E-state index in [1.54, 1.807) is 0 Å². The Labute approximate surface area is 165 Å². The zero-order valence-electron chi connectivity index (χ0n) is 16.7. The Balaban J connectivity index is 1.55. The minimum Gasteiger partial charge on any atom is -0.454 e. The summed E-state index contributed by atoms with van der Waals surface area (Å²) in [5.74, 6) is 1.42. The van der Waals surface area contributed by atoms with Crippen molar-refractivity contribution in [3.8, 4) is 11.5 Å². The number of benzene rings is 1. The highest BCUT2D eigenvalue weighted by Gasteiger charge is 2.26. The standard InChI is InChI=1S/C21H27N3O4/c1-4-24-15(3)19(23-7-9-26-10-8-23)14(2)20(24)21(25)22-12-16-5-6-17-18(11-16)28-13-27-17/h5-6,11H,4,7-10,12-13H2,1-3H3,(H,22,25). The van der Waals surface area contributed by atoms with Crippen LogP contribution in [0.25, 0.3) is 0 Å². The number of fused-ring (bicyclic) bond motifs is 1. The Bertz CT molecular complexity index is 884. The molecule has 1 amide bonds. The van der Waals surface area contributed by atoms with E-state index in [4.69, 9.17) is 14.2 Å². The lowest BCUT2D eigenvalue weighted by atomic mass is 10.1. The number of hydrogen-bond acceptors (Lipinski definition) is 5. The van der Waals surface area contributed by atoms with Crippen LogP contribution in [0.1, 0.15) is 34.2 Å². The molecule has 2 aliphatic rings. The first-order valence-corrected chi connectivity index (χ1v) is 9.79.